The number of nitrogens with one attached hydrogen (secondary N) is 1. The fourth-order valence-corrected chi connectivity index (χ4v) is 3.34. The molecule has 1 amide bonds. The number of nitrogens with zero attached hydrogens (tertiary/aromatic N) is 1. The lowest BCUT2D eigenvalue weighted by Gasteiger charge is -2.10. The minimum absolute atomic E-state index is 0.195. The molecule has 0 saturated carbocycles. The third-order valence-corrected chi connectivity index (χ3v) is 5.01. The molecule has 3 rings (SSSR count). The maximum atomic E-state index is 12.5. The monoisotopic (exact) mass is 506 g/mol. The molecule has 1 N–H and O–H groups in total. The zero-order valence-corrected chi connectivity index (χ0v) is 19.7. The second-order valence-corrected chi connectivity index (χ2v) is 8.04. The van der Waals surface area contributed by atoms with E-state index < -0.39 is 11.9 Å². The van der Waals surface area contributed by atoms with Crippen LogP contribution in [0.1, 0.15) is 27.0 Å². The van der Waals surface area contributed by atoms with E-state index in [1.54, 1.807) is 48.5 Å². The summed E-state index contributed by atoms with van der Waals surface area (Å²) >= 11 is 3.39. The van der Waals surface area contributed by atoms with Crippen LogP contribution in [0.5, 0.6) is 11.5 Å². The topological polar surface area (TPSA) is 77.0 Å². The molecule has 33 heavy (non-hydrogen) atoms. The summed E-state index contributed by atoms with van der Waals surface area (Å²) in [5, 5.41) is 3.98. The number of hydrazone groups is 1. The van der Waals surface area contributed by atoms with Crippen LogP contribution in [0.3, 0.4) is 0 Å². The number of amides is 1. The second kappa shape index (κ2) is 11.8. The molecule has 0 saturated heterocycles. The lowest BCUT2D eigenvalue weighted by atomic mass is 10.1. The Labute approximate surface area is 201 Å². The number of allylic oxidation sites excluding steroid dienone is 1. The molecular weight excluding hydrogens is 484 g/mol. The van der Waals surface area contributed by atoms with Gasteiger partial charge < -0.3 is 9.47 Å². The highest BCUT2D eigenvalue weighted by atomic mass is 79.9. The van der Waals surface area contributed by atoms with Crippen molar-refractivity contribution in [1.29, 1.82) is 0 Å². The Balaban J connectivity index is 1.62. The van der Waals surface area contributed by atoms with E-state index in [0.29, 0.717) is 29.0 Å². The fourth-order valence-electron chi connectivity index (χ4n) is 2.96. The number of hydrogen-bond acceptors (Lipinski definition) is 5. The number of rotatable bonds is 9. The Bertz CT molecular complexity index is 1190. The van der Waals surface area contributed by atoms with Crippen molar-refractivity contribution >= 4 is 34.0 Å². The summed E-state index contributed by atoms with van der Waals surface area (Å²) in [6.07, 6.45) is 3.82. The van der Waals surface area contributed by atoms with E-state index in [-0.39, 0.29) is 6.61 Å². The van der Waals surface area contributed by atoms with E-state index in [1.807, 2.05) is 31.2 Å². The van der Waals surface area contributed by atoms with E-state index in [9.17, 15) is 9.59 Å². The summed E-state index contributed by atoms with van der Waals surface area (Å²) in [5.74, 6) is 0.0328. The summed E-state index contributed by atoms with van der Waals surface area (Å²) in [5.41, 5.74) is 5.29. The van der Waals surface area contributed by atoms with Crippen LogP contribution in [0.15, 0.2) is 89.0 Å². The number of hydrogen-bond donors (Lipinski definition) is 1. The largest absolute Gasteiger partial charge is 0.483 e. The molecule has 0 aliphatic rings. The van der Waals surface area contributed by atoms with Crippen molar-refractivity contribution in [2.75, 3.05) is 6.61 Å². The average Bonchev–Trinajstić information content (AvgIpc) is 2.80. The smallest absolute Gasteiger partial charge is 0.343 e. The Morgan fingerprint density at radius 3 is 2.67 bits per heavy atom. The van der Waals surface area contributed by atoms with Crippen molar-refractivity contribution < 1.29 is 19.1 Å². The van der Waals surface area contributed by atoms with Crippen LogP contribution in [-0.4, -0.2) is 24.7 Å². The van der Waals surface area contributed by atoms with Gasteiger partial charge in [-0.2, -0.15) is 5.10 Å². The number of aryl methyl sites for hydroxylation is 1. The molecule has 6 nitrogen and oxygen atoms in total. The summed E-state index contributed by atoms with van der Waals surface area (Å²) in [4.78, 5) is 24.7. The van der Waals surface area contributed by atoms with Gasteiger partial charge in [-0.25, -0.2) is 10.2 Å². The molecule has 0 aliphatic heterocycles. The van der Waals surface area contributed by atoms with E-state index in [4.69, 9.17) is 9.47 Å². The highest BCUT2D eigenvalue weighted by molar-refractivity contribution is 9.10. The molecular formula is C26H23BrN2O4. The van der Waals surface area contributed by atoms with Crippen LogP contribution >= 0.6 is 15.9 Å². The van der Waals surface area contributed by atoms with Gasteiger partial charge in [0.15, 0.2) is 6.61 Å². The van der Waals surface area contributed by atoms with E-state index in [1.165, 1.54) is 6.21 Å². The van der Waals surface area contributed by atoms with Gasteiger partial charge >= 0.3 is 5.97 Å². The maximum Gasteiger partial charge on any atom is 0.343 e. The number of benzene rings is 3. The predicted octanol–water partition coefficient (Wildman–Crippen LogP) is 5.23. The number of carbonyl (C=O) groups excluding carboxylic acids is 2. The third kappa shape index (κ3) is 7.15. The Hall–Kier alpha value is -3.71. The summed E-state index contributed by atoms with van der Waals surface area (Å²) < 4.78 is 11.9. The first-order valence-electron chi connectivity index (χ1n) is 10.2. The SMILES string of the molecule is C=CCc1ccccc1OCC(=O)NN=Cc1cc(Br)ccc1OC(=O)c1cccc(C)c1. The normalized spacial score (nSPS) is 10.6. The molecule has 0 aliphatic carbocycles. The van der Waals surface area contributed by atoms with Gasteiger partial charge in [0.1, 0.15) is 11.5 Å². The minimum atomic E-state index is -0.480. The lowest BCUT2D eigenvalue weighted by molar-refractivity contribution is -0.123. The fraction of sp³-hybridized carbons (Fsp3) is 0.115. The first-order valence-corrected chi connectivity index (χ1v) is 11.0. The lowest BCUT2D eigenvalue weighted by Crippen LogP contribution is -2.24. The van der Waals surface area contributed by atoms with Crippen molar-refractivity contribution in [3.8, 4) is 11.5 Å². The minimum Gasteiger partial charge on any atom is -0.483 e. The third-order valence-electron chi connectivity index (χ3n) is 4.52. The van der Waals surface area contributed by atoms with Crippen LogP contribution in [0.2, 0.25) is 0 Å². The van der Waals surface area contributed by atoms with Gasteiger partial charge in [-0.05, 0) is 55.3 Å². The van der Waals surface area contributed by atoms with Gasteiger partial charge in [0.25, 0.3) is 5.91 Å². The van der Waals surface area contributed by atoms with Gasteiger partial charge in [0.2, 0.25) is 0 Å². The van der Waals surface area contributed by atoms with Crippen LogP contribution in [0.4, 0.5) is 0 Å². The molecule has 0 bridgehead atoms. The van der Waals surface area contributed by atoms with Gasteiger partial charge in [0.05, 0.1) is 11.8 Å². The molecule has 168 valence electrons. The highest BCUT2D eigenvalue weighted by Crippen LogP contribution is 2.23. The first-order chi connectivity index (χ1) is 16.0. The number of para-hydroxylation sites is 1. The predicted molar refractivity (Wildman–Crippen MR) is 132 cm³/mol. The molecule has 7 heteroatoms. The van der Waals surface area contributed by atoms with Crippen LogP contribution in [0, 0.1) is 6.92 Å². The Morgan fingerprint density at radius 1 is 1.06 bits per heavy atom. The van der Waals surface area contributed by atoms with E-state index >= 15 is 0 Å². The van der Waals surface area contributed by atoms with Crippen molar-refractivity contribution in [1.82, 2.24) is 5.43 Å². The molecule has 3 aromatic carbocycles. The van der Waals surface area contributed by atoms with Crippen LogP contribution < -0.4 is 14.9 Å². The summed E-state index contributed by atoms with van der Waals surface area (Å²) in [7, 11) is 0. The van der Waals surface area contributed by atoms with Crippen LogP contribution in [-0.2, 0) is 11.2 Å². The molecule has 0 radical (unpaired) electrons. The number of carbonyl (C=O) groups is 2. The standard InChI is InChI=1S/C26H23BrN2O4/c1-3-7-19-9-4-5-11-23(19)32-17-25(30)29-28-16-21-15-22(27)12-13-24(21)33-26(31)20-10-6-8-18(2)14-20/h3-6,8-16H,1,7,17H2,2H3,(H,29,30). The average molecular weight is 507 g/mol. The maximum absolute atomic E-state index is 12.5. The molecule has 3 aromatic rings. The molecule has 0 spiro atoms. The van der Waals surface area contributed by atoms with E-state index in [2.05, 4.69) is 33.0 Å². The zero-order chi connectivity index (χ0) is 23.6. The summed E-state index contributed by atoms with van der Waals surface area (Å²) in [6, 6.07) is 19.7. The molecule has 0 aromatic heterocycles. The van der Waals surface area contributed by atoms with Gasteiger partial charge in [0, 0.05) is 10.0 Å². The van der Waals surface area contributed by atoms with Gasteiger partial charge in [-0.3, -0.25) is 4.79 Å². The molecule has 0 atom stereocenters. The van der Waals surface area contributed by atoms with Crippen molar-refractivity contribution in [3.63, 3.8) is 0 Å². The Morgan fingerprint density at radius 2 is 1.88 bits per heavy atom. The highest BCUT2D eigenvalue weighted by Gasteiger charge is 2.12. The molecule has 0 fully saturated rings. The van der Waals surface area contributed by atoms with Gasteiger partial charge in [-0.15, -0.1) is 6.58 Å². The van der Waals surface area contributed by atoms with Crippen molar-refractivity contribution in [2.24, 2.45) is 5.10 Å². The molecule has 0 heterocycles. The Kier molecular flexibility index (Phi) is 8.55. The van der Waals surface area contributed by atoms with Crippen LogP contribution in [0.25, 0.3) is 0 Å². The number of esters is 1. The number of halogens is 1. The first kappa shape index (κ1) is 23.9. The van der Waals surface area contributed by atoms with E-state index in [0.717, 1.165) is 15.6 Å². The summed E-state index contributed by atoms with van der Waals surface area (Å²) in [6.45, 7) is 5.43. The second-order valence-electron chi connectivity index (χ2n) is 7.12. The number of ether oxygens (including phenoxy) is 2. The quantitative estimate of drug-likeness (QED) is 0.141. The van der Waals surface area contributed by atoms with Gasteiger partial charge in [-0.1, -0.05) is 57.9 Å². The molecule has 0 unspecified atom stereocenters. The van der Waals surface area contributed by atoms with Crippen molar-refractivity contribution in [3.05, 3.63) is 106 Å². The van der Waals surface area contributed by atoms with Crippen molar-refractivity contribution in [2.45, 2.75) is 13.3 Å². The zero-order valence-electron chi connectivity index (χ0n) is 18.1.